The van der Waals surface area contributed by atoms with Gasteiger partial charge in [-0.15, -0.1) is 0 Å². The van der Waals surface area contributed by atoms with Crippen LogP contribution in [0.4, 0.5) is 17.5 Å². The van der Waals surface area contributed by atoms with Gasteiger partial charge in [-0.3, -0.25) is 19.0 Å². The number of amides is 1. The number of anilines is 3. The Hall–Kier alpha value is -3.66. The van der Waals surface area contributed by atoms with Gasteiger partial charge >= 0.3 is 0 Å². The van der Waals surface area contributed by atoms with Crippen LogP contribution in [-0.2, 0) is 4.79 Å². The number of likely N-dealkylation sites (N-methyl/N-ethyl adjacent to an activating group) is 1. The van der Waals surface area contributed by atoms with Gasteiger partial charge in [-0.25, -0.2) is 9.97 Å². The molecule has 1 saturated carbocycles. The van der Waals surface area contributed by atoms with Crippen molar-refractivity contribution < 1.29 is 9.59 Å². The summed E-state index contributed by atoms with van der Waals surface area (Å²) in [7, 11) is 2.01. The number of carbonyl (C=O) groups is 2. The van der Waals surface area contributed by atoms with Crippen molar-refractivity contribution in [1.82, 2.24) is 24.4 Å². The van der Waals surface area contributed by atoms with Crippen molar-refractivity contribution in [2.75, 3.05) is 36.9 Å². The highest BCUT2D eigenvalue weighted by molar-refractivity contribution is 5.99. The molecular weight excluding hydrogens is 458 g/mol. The predicted molar refractivity (Wildman–Crippen MR) is 138 cm³/mol. The van der Waals surface area contributed by atoms with Gasteiger partial charge in [-0.1, -0.05) is 12.8 Å². The molecule has 0 bridgehead atoms. The van der Waals surface area contributed by atoms with E-state index in [-0.39, 0.29) is 28.9 Å². The molecule has 2 aliphatic rings. The SMILES string of the molecule is CC(=O)c1c(C)c2cnc(Nc3ccc(N4CCN(C)CCC4=O)cn3)nc2n(C2CCCC2)c1=O. The quantitative estimate of drug-likeness (QED) is 0.544. The summed E-state index contributed by atoms with van der Waals surface area (Å²) >= 11 is 0. The summed E-state index contributed by atoms with van der Waals surface area (Å²) in [6, 6.07) is 3.67. The molecular formula is C26H31N7O3. The Bertz CT molecular complexity index is 1380. The van der Waals surface area contributed by atoms with Gasteiger partial charge in [0.1, 0.15) is 11.5 Å². The Morgan fingerprint density at radius 2 is 1.83 bits per heavy atom. The Labute approximate surface area is 209 Å². The maximum absolute atomic E-state index is 13.4. The summed E-state index contributed by atoms with van der Waals surface area (Å²) in [6.45, 7) is 5.39. The molecule has 36 heavy (non-hydrogen) atoms. The van der Waals surface area contributed by atoms with Gasteiger partial charge < -0.3 is 15.1 Å². The molecule has 0 radical (unpaired) electrons. The van der Waals surface area contributed by atoms with Crippen molar-refractivity contribution in [3.8, 4) is 0 Å². The molecule has 4 heterocycles. The van der Waals surface area contributed by atoms with Crippen LogP contribution < -0.4 is 15.8 Å². The second-order valence-electron chi connectivity index (χ2n) is 9.73. The summed E-state index contributed by atoms with van der Waals surface area (Å²) in [5.74, 6) is 0.692. The number of carbonyl (C=O) groups excluding carboxylic acids is 2. The lowest BCUT2D eigenvalue weighted by atomic mass is 10.0. The zero-order valence-electron chi connectivity index (χ0n) is 21.0. The topological polar surface area (TPSA) is 113 Å². The monoisotopic (exact) mass is 489 g/mol. The lowest BCUT2D eigenvalue weighted by Crippen LogP contribution is -2.32. The minimum atomic E-state index is -0.278. The van der Waals surface area contributed by atoms with Crippen LogP contribution in [0.5, 0.6) is 0 Å². The van der Waals surface area contributed by atoms with Gasteiger partial charge in [0, 0.05) is 43.7 Å². The maximum atomic E-state index is 13.4. The minimum Gasteiger partial charge on any atom is -0.310 e. The highest BCUT2D eigenvalue weighted by Crippen LogP contribution is 2.32. The normalized spacial score (nSPS) is 17.5. The second-order valence-corrected chi connectivity index (χ2v) is 9.73. The van der Waals surface area contributed by atoms with Gasteiger partial charge in [0.15, 0.2) is 5.78 Å². The fourth-order valence-electron chi connectivity index (χ4n) is 5.24. The first-order valence-electron chi connectivity index (χ1n) is 12.5. The molecule has 1 N–H and O–H groups in total. The fourth-order valence-corrected chi connectivity index (χ4v) is 5.24. The molecule has 10 heteroatoms. The van der Waals surface area contributed by atoms with E-state index in [4.69, 9.17) is 4.98 Å². The van der Waals surface area contributed by atoms with Gasteiger partial charge in [0.2, 0.25) is 11.9 Å². The van der Waals surface area contributed by atoms with Gasteiger partial charge in [-0.05, 0) is 51.4 Å². The van der Waals surface area contributed by atoms with E-state index in [0.717, 1.165) is 44.5 Å². The Morgan fingerprint density at radius 3 is 2.53 bits per heavy atom. The van der Waals surface area contributed by atoms with Gasteiger partial charge in [0.25, 0.3) is 5.56 Å². The Balaban J connectivity index is 1.47. The third-order valence-electron chi connectivity index (χ3n) is 7.26. The molecule has 1 saturated heterocycles. The minimum absolute atomic E-state index is 0.0177. The highest BCUT2D eigenvalue weighted by atomic mass is 16.2. The van der Waals surface area contributed by atoms with Crippen LogP contribution >= 0.6 is 0 Å². The van der Waals surface area contributed by atoms with E-state index in [0.29, 0.717) is 41.3 Å². The van der Waals surface area contributed by atoms with E-state index in [9.17, 15) is 14.4 Å². The molecule has 0 unspecified atom stereocenters. The first kappa shape index (κ1) is 24.1. The summed E-state index contributed by atoms with van der Waals surface area (Å²) in [4.78, 5) is 55.7. The number of hydrogen-bond acceptors (Lipinski definition) is 8. The Morgan fingerprint density at radius 1 is 1.06 bits per heavy atom. The maximum Gasteiger partial charge on any atom is 0.263 e. The molecule has 1 aliphatic carbocycles. The number of hydrogen-bond donors (Lipinski definition) is 1. The fraction of sp³-hybridized carbons (Fsp3) is 0.462. The molecule has 3 aromatic heterocycles. The van der Waals surface area contributed by atoms with Gasteiger partial charge in [0.05, 0.1) is 17.4 Å². The van der Waals surface area contributed by atoms with Crippen molar-refractivity contribution >= 4 is 40.2 Å². The van der Waals surface area contributed by atoms with E-state index in [2.05, 4.69) is 20.2 Å². The van der Waals surface area contributed by atoms with Crippen LogP contribution in [0.25, 0.3) is 11.0 Å². The van der Waals surface area contributed by atoms with Crippen LogP contribution in [-0.4, -0.2) is 62.8 Å². The number of fused-ring (bicyclic) bond motifs is 1. The molecule has 1 aliphatic heterocycles. The smallest absolute Gasteiger partial charge is 0.263 e. The molecule has 3 aromatic rings. The predicted octanol–water partition coefficient (Wildman–Crippen LogP) is 3.22. The van der Waals surface area contributed by atoms with E-state index in [1.165, 1.54) is 6.92 Å². The average molecular weight is 490 g/mol. The number of Topliss-reactive ketones (excluding diaryl/α,β-unsaturated/α-hetero) is 1. The molecule has 0 spiro atoms. The van der Waals surface area contributed by atoms with E-state index in [1.54, 1.807) is 34.9 Å². The zero-order valence-corrected chi connectivity index (χ0v) is 21.0. The lowest BCUT2D eigenvalue weighted by molar-refractivity contribution is -0.118. The van der Waals surface area contributed by atoms with Crippen LogP contribution in [0.2, 0.25) is 0 Å². The summed E-state index contributed by atoms with van der Waals surface area (Å²) in [6.07, 6.45) is 7.68. The van der Waals surface area contributed by atoms with Crippen molar-refractivity contribution in [3.05, 3.63) is 46.0 Å². The molecule has 1 amide bonds. The average Bonchev–Trinajstić information content (AvgIpc) is 3.32. The number of pyridine rings is 2. The number of ketones is 1. The van der Waals surface area contributed by atoms with E-state index >= 15 is 0 Å². The lowest BCUT2D eigenvalue weighted by Gasteiger charge is -2.21. The summed E-state index contributed by atoms with van der Waals surface area (Å²) in [5, 5.41) is 3.82. The van der Waals surface area contributed by atoms with E-state index in [1.807, 2.05) is 13.1 Å². The molecule has 188 valence electrons. The first-order chi connectivity index (χ1) is 17.3. The number of nitrogens with one attached hydrogen (secondary N) is 1. The largest absolute Gasteiger partial charge is 0.310 e. The van der Waals surface area contributed by atoms with E-state index < -0.39 is 0 Å². The molecule has 0 aromatic carbocycles. The second kappa shape index (κ2) is 9.77. The standard InChI is InChI=1S/C26H31N7O3/c1-16-20-15-28-26(30-24(20)33(18-6-4-5-7-18)25(36)23(16)17(2)34)29-21-9-8-19(14-27-21)32-13-12-31(3)11-10-22(32)35/h8-9,14-15,18H,4-7,10-13H2,1-3H3,(H,27,28,29,30). The first-order valence-corrected chi connectivity index (χ1v) is 12.5. The van der Waals surface area contributed by atoms with Crippen LogP contribution in [0.3, 0.4) is 0 Å². The number of rotatable bonds is 5. The summed E-state index contributed by atoms with van der Waals surface area (Å²) < 4.78 is 1.69. The number of aromatic nitrogens is 4. The van der Waals surface area contributed by atoms with Gasteiger partial charge in [-0.2, -0.15) is 4.98 Å². The summed E-state index contributed by atoms with van der Waals surface area (Å²) in [5.41, 5.74) is 1.83. The third kappa shape index (κ3) is 4.48. The van der Waals surface area contributed by atoms with Crippen LogP contribution in [0.1, 0.15) is 61.0 Å². The number of nitrogens with zero attached hydrogens (tertiary/aromatic N) is 6. The van der Waals surface area contributed by atoms with Crippen LogP contribution in [0, 0.1) is 6.92 Å². The molecule has 0 atom stereocenters. The Kier molecular flexibility index (Phi) is 6.53. The number of aryl methyl sites for hydroxylation is 1. The van der Waals surface area contributed by atoms with Crippen molar-refractivity contribution in [2.45, 2.75) is 52.0 Å². The zero-order chi connectivity index (χ0) is 25.4. The van der Waals surface area contributed by atoms with Crippen molar-refractivity contribution in [2.24, 2.45) is 0 Å². The highest BCUT2D eigenvalue weighted by Gasteiger charge is 2.26. The van der Waals surface area contributed by atoms with Crippen LogP contribution in [0.15, 0.2) is 29.3 Å². The molecule has 2 fully saturated rings. The third-order valence-corrected chi connectivity index (χ3v) is 7.26. The molecule has 5 rings (SSSR count). The van der Waals surface area contributed by atoms with Crippen molar-refractivity contribution in [1.29, 1.82) is 0 Å². The molecule has 10 nitrogen and oxygen atoms in total. The van der Waals surface area contributed by atoms with Crippen molar-refractivity contribution in [3.63, 3.8) is 0 Å².